The van der Waals surface area contributed by atoms with Gasteiger partial charge in [-0.1, -0.05) is 24.3 Å². The normalized spacial score (nSPS) is 10.7. The second-order valence-electron chi connectivity index (χ2n) is 3.69. The fraction of sp³-hybridized carbons (Fsp3) is 0. The lowest BCUT2D eigenvalue weighted by Gasteiger charge is -2.09. The number of nitrogens with one attached hydrogen (secondary N) is 1. The molecule has 0 radical (unpaired) electrons. The van der Waals surface area contributed by atoms with Gasteiger partial charge in [0.1, 0.15) is 16.8 Å². The van der Waals surface area contributed by atoms with Gasteiger partial charge in [0, 0.05) is 0 Å². The maximum absolute atomic E-state index is 13.5. The molecule has 4 nitrogen and oxygen atoms in total. The van der Waals surface area contributed by atoms with E-state index in [9.17, 15) is 12.8 Å². The van der Waals surface area contributed by atoms with E-state index in [1.165, 1.54) is 24.3 Å². The summed E-state index contributed by atoms with van der Waals surface area (Å²) >= 11 is 0. The molecule has 2 aromatic rings. The van der Waals surface area contributed by atoms with Crippen molar-refractivity contribution in [3.8, 4) is 6.07 Å². The summed E-state index contributed by atoms with van der Waals surface area (Å²) in [6.45, 7) is 0. The molecule has 0 bridgehead atoms. The van der Waals surface area contributed by atoms with E-state index in [1.54, 1.807) is 12.1 Å². The summed E-state index contributed by atoms with van der Waals surface area (Å²) in [6, 6.07) is 13.0. The molecule has 1 N–H and O–H groups in total. The molecule has 0 fully saturated rings. The summed E-state index contributed by atoms with van der Waals surface area (Å²) < 4.78 is 39.8. The Morgan fingerprint density at radius 3 is 2.37 bits per heavy atom. The van der Waals surface area contributed by atoms with Crippen molar-refractivity contribution in [3.05, 3.63) is 59.9 Å². The molecule has 0 saturated heterocycles. The highest BCUT2D eigenvalue weighted by Crippen LogP contribution is 2.20. The van der Waals surface area contributed by atoms with Gasteiger partial charge in [-0.05, 0) is 24.3 Å². The van der Waals surface area contributed by atoms with Gasteiger partial charge >= 0.3 is 0 Å². The van der Waals surface area contributed by atoms with Crippen molar-refractivity contribution in [2.24, 2.45) is 0 Å². The predicted octanol–water partition coefficient (Wildman–Crippen LogP) is 2.50. The van der Waals surface area contributed by atoms with Crippen LogP contribution < -0.4 is 4.72 Å². The van der Waals surface area contributed by atoms with Crippen molar-refractivity contribution in [2.75, 3.05) is 4.72 Å². The highest BCUT2D eigenvalue weighted by Gasteiger charge is 2.19. The molecule has 0 aliphatic heterocycles. The lowest BCUT2D eigenvalue weighted by atomic mass is 10.2. The van der Waals surface area contributed by atoms with Gasteiger partial charge in [0.2, 0.25) is 0 Å². The zero-order valence-corrected chi connectivity index (χ0v) is 10.5. The van der Waals surface area contributed by atoms with Gasteiger partial charge in [-0.15, -0.1) is 0 Å². The first-order valence-electron chi connectivity index (χ1n) is 5.31. The molecular weight excluding hydrogens is 267 g/mol. The van der Waals surface area contributed by atoms with E-state index in [1.807, 2.05) is 6.07 Å². The van der Waals surface area contributed by atoms with Gasteiger partial charge in [-0.2, -0.15) is 5.26 Å². The number of nitrogens with zero attached hydrogens (tertiary/aromatic N) is 1. The monoisotopic (exact) mass is 276 g/mol. The van der Waals surface area contributed by atoms with Gasteiger partial charge in [-0.3, -0.25) is 4.72 Å². The molecule has 0 atom stereocenters. The standard InChI is InChI=1S/C13H9FN2O2S/c14-11-6-2-4-8-13(11)19(17,18)16-12-7-3-1-5-10(12)9-15/h1-8,16H. The zero-order valence-electron chi connectivity index (χ0n) is 9.67. The van der Waals surface area contributed by atoms with E-state index < -0.39 is 20.7 Å². The second kappa shape index (κ2) is 5.08. The van der Waals surface area contributed by atoms with E-state index in [-0.39, 0.29) is 11.3 Å². The summed E-state index contributed by atoms with van der Waals surface area (Å²) in [4.78, 5) is -0.456. The largest absolute Gasteiger partial charge is 0.278 e. The molecule has 2 rings (SSSR count). The minimum Gasteiger partial charge on any atom is -0.278 e. The topological polar surface area (TPSA) is 70.0 Å². The number of anilines is 1. The summed E-state index contributed by atoms with van der Waals surface area (Å²) in [5.41, 5.74) is 0.288. The molecule has 0 heterocycles. The maximum atomic E-state index is 13.5. The van der Waals surface area contributed by atoms with Crippen molar-refractivity contribution >= 4 is 15.7 Å². The Labute approximate surface area is 110 Å². The zero-order chi connectivity index (χ0) is 13.9. The Morgan fingerprint density at radius 2 is 1.68 bits per heavy atom. The van der Waals surface area contributed by atoms with E-state index >= 15 is 0 Å². The third-order valence-corrected chi connectivity index (χ3v) is 3.82. The molecule has 19 heavy (non-hydrogen) atoms. The van der Waals surface area contributed by atoms with Crippen LogP contribution in [0.3, 0.4) is 0 Å². The van der Waals surface area contributed by atoms with Crippen LogP contribution in [0.2, 0.25) is 0 Å². The molecule has 0 amide bonds. The molecule has 6 heteroatoms. The first-order chi connectivity index (χ1) is 9.04. The van der Waals surface area contributed by atoms with Gasteiger partial charge in [0.25, 0.3) is 10.0 Å². The number of nitriles is 1. The van der Waals surface area contributed by atoms with Crippen LogP contribution in [0.1, 0.15) is 5.56 Å². The van der Waals surface area contributed by atoms with Crippen LogP contribution in [0.25, 0.3) is 0 Å². The van der Waals surface area contributed by atoms with Gasteiger partial charge < -0.3 is 0 Å². The van der Waals surface area contributed by atoms with E-state index in [0.29, 0.717) is 0 Å². The first kappa shape index (κ1) is 13.1. The molecule has 2 aromatic carbocycles. The fourth-order valence-electron chi connectivity index (χ4n) is 1.53. The number of halogens is 1. The van der Waals surface area contributed by atoms with Crippen LogP contribution in [0.5, 0.6) is 0 Å². The molecular formula is C13H9FN2O2S. The van der Waals surface area contributed by atoms with Crippen LogP contribution in [0, 0.1) is 17.1 Å². The Hall–Kier alpha value is -2.39. The second-order valence-corrected chi connectivity index (χ2v) is 5.34. The molecule has 0 spiro atoms. The smallest absolute Gasteiger partial charge is 0.264 e. The number of hydrogen-bond acceptors (Lipinski definition) is 3. The summed E-state index contributed by atoms with van der Waals surface area (Å²) in [5, 5.41) is 8.88. The van der Waals surface area contributed by atoms with Gasteiger partial charge in [0.15, 0.2) is 0 Å². The van der Waals surface area contributed by atoms with Crippen molar-refractivity contribution in [2.45, 2.75) is 4.90 Å². The van der Waals surface area contributed by atoms with Crippen LogP contribution in [0.15, 0.2) is 53.4 Å². The van der Waals surface area contributed by atoms with Crippen LogP contribution in [-0.4, -0.2) is 8.42 Å². The van der Waals surface area contributed by atoms with Crippen molar-refractivity contribution in [1.29, 1.82) is 5.26 Å². The highest BCUT2D eigenvalue weighted by atomic mass is 32.2. The molecule has 0 unspecified atom stereocenters. The van der Waals surface area contributed by atoms with Crippen LogP contribution in [0.4, 0.5) is 10.1 Å². The fourth-order valence-corrected chi connectivity index (χ4v) is 2.69. The predicted molar refractivity (Wildman–Crippen MR) is 68.4 cm³/mol. The summed E-state index contributed by atoms with van der Waals surface area (Å²) in [6.07, 6.45) is 0. The van der Waals surface area contributed by atoms with Crippen molar-refractivity contribution < 1.29 is 12.8 Å². The SMILES string of the molecule is N#Cc1ccccc1NS(=O)(=O)c1ccccc1F. The Kier molecular flexibility index (Phi) is 3.49. The summed E-state index contributed by atoms with van der Waals surface area (Å²) in [7, 11) is -4.05. The average molecular weight is 276 g/mol. The van der Waals surface area contributed by atoms with Crippen LogP contribution in [-0.2, 0) is 10.0 Å². The quantitative estimate of drug-likeness (QED) is 0.936. The van der Waals surface area contributed by atoms with E-state index in [2.05, 4.69) is 4.72 Å². The van der Waals surface area contributed by atoms with Crippen molar-refractivity contribution in [3.63, 3.8) is 0 Å². The average Bonchev–Trinajstić information content (AvgIpc) is 2.39. The Balaban J connectivity index is 2.44. The third-order valence-electron chi connectivity index (χ3n) is 2.42. The number of sulfonamides is 1. The van der Waals surface area contributed by atoms with Gasteiger partial charge in [0.05, 0.1) is 11.3 Å². The van der Waals surface area contributed by atoms with Crippen LogP contribution >= 0.6 is 0 Å². The minimum atomic E-state index is -4.05. The minimum absolute atomic E-state index is 0.119. The Morgan fingerprint density at radius 1 is 1.05 bits per heavy atom. The molecule has 0 saturated carbocycles. The number of benzene rings is 2. The number of rotatable bonds is 3. The maximum Gasteiger partial charge on any atom is 0.264 e. The van der Waals surface area contributed by atoms with Gasteiger partial charge in [-0.25, -0.2) is 12.8 Å². The Bertz CT molecular complexity index is 751. The molecule has 0 aromatic heterocycles. The van der Waals surface area contributed by atoms with E-state index in [4.69, 9.17) is 5.26 Å². The molecule has 0 aliphatic carbocycles. The number of para-hydroxylation sites is 1. The lowest BCUT2D eigenvalue weighted by Crippen LogP contribution is -2.15. The molecule has 0 aliphatic rings. The third kappa shape index (κ3) is 2.72. The van der Waals surface area contributed by atoms with Crippen molar-refractivity contribution in [1.82, 2.24) is 0 Å². The first-order valence-corrected chi connectivity index (χ1v) is 6.79. The highest BCUT2D eigenvalue weighted by molar-refractivity contribution is 7.92. The number of hydrogen-bond donors (Lipinski definition) is 1. The van der Waals surface area contributed by atoms with E-state index in [0.717, 1.165) is 12.1 Å². The lowest BCUT2D eigenvalue weighted by molar-refractivity contribution is 0.570. The summed E-state index contributed by atoms with van der Waals surface area (Å²) in [5.74, 6) is -0.843. The molecule has 96 valence electrons.